The van der Waals surface area contributed by atoms with Crippen molar-refractivity contribution in [2.75, 3.05) is 59.2 Å². The van der Waals surface area contributed by atoms with Gasteiger partial charge >= 0.3 is 0 Å². The minimum atomic E-state index is -0.750. The van der Waals surface area contributed by atoms with Crippen LogP contribution >= 0.6 is 0 Å². The molecule has 0 spiro atoms. The van der Waals surface area contributed by atoms with Gasteiger partial charge < -0.3 is 19.3 Å². The fourth-order valence-electron chi connectivity index (χ4n) is 4.19. The number of hydrogen-bond donors (Lipinski definition) is 1. The minimum absolute atomic E-state index is 0.348. The number of rotatable bonds is 9. The van der Waals surface area contributed by atoms with Gasteiger partial charge in [-0.05, 0) is 49.6 Å². The van der Waals surface area contributed by atoms with Crippen LogP contribution in [0.3, 0.4) is 0 Å². The third kappa shape index (κ3) is 6.94. The topological polar surface area (TPSA) is 54.4 Å². The zero-order valence-corrected chi connectivity index (χ0v) is 19.2. The second-order valence-electron chi connectivity index (χ2n) is 9.05. The molecule has 32 heavy (non-hydrogen) atoms. The normalized spacial score (nSPS) is 19.6. The van der Waals surface area contributed by atoms with E-state index in [0.29, 0.717) is 13.2 Å². The Balaban J connectivity index is 1.16. The van der Waals surface area contributed by atoms with E-state index < -0.39 is 5.60 Å². The molecular formula is C26H36N2O4. The van der Waals surface area contributed by atoms with Crippen LogP contribution in [0.5, 0.6) is 11.5 Å². The Morgan fingerprint density at radius 3 is 2.16 bits per heavy atom. The molecule has 4 rings (SSSR count). The van der Waals surface area contributed by atoms with E-state index in [9.17, 15) is 5.11 Å². The summed E-state index contributed by atoms with van der Waals surface area (Å²) in [5.41, 5.74) is 1.73. The Kier molecular flexibility index (Phi) is 8.03. The highest BCUT2D eigenvalue weighted by Crippen LogP contribution is 2.25. The molecule has 2 heterocycles. The second kappa shape index (κ2) is 11.1. The van der Waals surface area contributed by atoms with Crippen LogP contribution in [0.25, 0.3) is 0 Å². The van der Waals surface area contributed by atoms with Crippen molar-refractivity contribution in [1.82, 2.24) is 9.80 Å². The third-order valence-electron chi connectivity index (χ3n) is 6.42. The summed E-state index contributed by atoms with van der Waals surface area (Å²) in [4.78, 5) is 4.77. The van der Waals surface area contributed by atoms with Crippen LogP contribution in [0, 0.1) is 6.92 Å². The molecular weight excluding hydrogens is 404 g/mol. The first-order chi connectivity index (χ1) is 15.6. The zero-order chi connectivity index (χ0) is 22.2. The molecule has 174 valence electrons. The monoisotopic (exact) mass is 440 g/mol. The number of likely N-dealkylation sites (tertiary alicyclic amines) is 1. The molecule has 2 aromatic carbocycles. The molecule has 0 amide bonds. The SMILES string of the molecule is Cc1ccc(OCC2(O)CCN(Cc3ccc(OCCN4CCOCC4)cc3)CC2)cc1. The molecule has 2 aromatic rings. The van der Waals surface area contributed by atoms with Gasteiger partial charge in [-0.2, -0.15) is 0 Å². The van der Waals surface area contributed by atoms with Crippen molar-refractivity contribution in [3.8, 4) is 11.5 Å². The van der Waals surface area contributed by atoms with Crippen LogP contribution in [0.1, 0.15) is 24.0 Å². The second-order valence-corrected chi connectivity index (χ2v) is 9.05. The molecule has 0 aliphatic carbocycles. The average molecular weight is 441 g/mol. The molecule has 0 bridgehead atoms. The average Bonchev–Trinajstić information content (AvgIpc) is 2.82. The standard InChI is InChI=1S/C26H36N2O4/c1-22-2-6-25(7-3-22)32-21-26(29)10-12-28(13-11-26)20-23-4-8-24(9-5-23)31-19-16-27-14-17-30-18-15-27/h2-9,29H,10-21H2,1H3. The Morgan fingerprint density at radius 1 is 0.844 bits per heavy atom. The Bertz CT molecular complexity index is 811. The van der Waals surface area contributed by atoms with E-state index >= 15 is 0 Å². The summed E-state index contributed by atoms with van der Waals surface area (Å²) < 4.78 is 17.1. The minimum Gasteiger partial charge on any atom is -0.492 e. The number of benzene rings is 2. The van der Waals surface area contributed by atoms with Gasteiger partial charge in [0.25, 0.3) is 0 Å². The van der Waals surface area contributed by atoms with Crippen molar-refractivity contribution in [2.24, 2.45) is 0 Å². The van der Waals surface area contributed by atoms with Crippen molar-refractivity contribution >= 4 is 0 Å². The first-order valence-corrected chi connectivity index (χ1v) is 11.7. The van der Waals surface area contributed by atoms with Crippen molar-refractivity contribution in [3.05, 3.63) is 59.7 Å². The van der Waals surface area contributed by atoms with Gasteiger partial charge in [-0.1, -0.05) is 29.8 Å². The summed E-state index contributed by atoms with van der Waals surface area (Å²) in [6.07, 6.45) is 1.45. The molecule has 6 heteroatoms. The van der Waals surface area contributed by atoms with Crippen LogP contribution in [-0.2, 0) is 11.3 Å². The molecule has 0 radical (unpaired) electrons. The number of nitrogens with zero attached hydrogens (tertiary/aromatic N) is 2. The predicted molar refractivity (Wildman–Crippen MR) is 125 cm³/mol. The molecule has 6 nitrogen and oxygen atoms in total. The maximum atomic E-state index is 10.9. The maximum absolute atomic E-state index is 10.9. The molecule has 2 fully saturated rings. The molecule has 2 aliphatic heterocycles. The Morgan fingerprint density at radius 2 is 1.47 bits per heavy atom. The first kappa shape index (κ1) is 23.1. The van der Waals surface area contributed by atoms with E-state index in [-0.39, 0.29) is 0 Å². The number of aryl methyl sites for hydroxylation is 1. The first-order valence-electron chi connectivity index (χ1n) is 11.7. The van der Waals surface area contributed by atoms with Crippen molar-refractivity contribution in [2.45, 2.75) is 31.9 Å². The molecule has 0 atom stereocenters. The highest BCUT2D eigenvalue weighted by atomic mass is 16.5. The van der Waals surface area contributed by atoms with Crippen molar-refractivity contribution < 1.29 is 19.3 Å². The number of ether oxygens (including phenoxy) is 3. The van der Waals surface area contributed by atoms with Crippen LogP contribution in [-0.4, -0.2) is 79.7 Å². The van der Waals surface area contributed by atoms with E-state index in [1.807, 2.05) is 24.3 Å². The number of piperidine rings is 1. The summed E-state index contributed by atoms with van der Waals surface area (Å²) in [6.45, 7) is 10.3. The van der Waals surface area contributed by atoms with E-state index in [1.54, 1.807) is 0 Å². The highest BCUT2D eigenvalue weighted by molar-refractivity contribution is 5.28. The van der Waals surface area contributed by atoms with Crippen molar-refractivity contribution in [3.63, 3.8) is 0 Å². The lowest BCUT2D eigenvalue weighted by atomic mass is 9.92. The largest absolute Gasteiger partial charge is 0.492 e. The van der Waals surface area contributed by atoms with Gasteiger partial charge in [0.1, 0.15) is 30.3 Å². The quantitative estimate of drug-likeness (QED) is 0.647. The lowest BCUT2D eigenvalue weighted by Gasteiger charge is -2.38. The van der Waals surface area contributed by atoms with Crippen molar-refractivity contribution in [1.29, 1.82) is 0 Å². The maximum Gasteiger partial charge on any atom is 0.119 e. The van der Waals surface area contributed by atoms with E-state index in [0.717, 1.165) is 76.8 Å². The Hall–Kier alpha value is -2.12. The summed E-state index contributed by atoms with van der Waals surface area (Å²) >= 11 is 0. The van der Waals surface area contributed by atoms with E-state index in [2.05, 4.69) is 41.0 Å². The third-order valence-corrected chi connectivity index (χ3v) is 6.42. The summed E-state index contributed by atoms with van der Waals surface area (Å²) in [5, 5.41) is 10.9. The van der Waals surface area contributed by atoms with Crippen LogP contribution < -0.4 is 9.47 Å². The fraction of sp³-hybridized carbons (Fsp3) is 0.538. The van der Waals surface area contributed by atoms with Crippen LogP contribution in [0.15, 0.2) is 48.5 Å². The lowest BCUT2D eigenvalue weighted by Crippen LogP contribution is -2.47. The molecule has 2 saturated heterocycles. The fourth-order valence-corrected chi connectivity index (χ4v) is 4.19. The van der Waals surface area contributed by atoms with Crippen LogP contribution in [0.4, 0.5) is 0 Å². The summed E-state index contributed by atoms with van der Waals surface area (Å²) in [7, 11) is 0. The molecule has 0 saturated carbocycles. The number of morpholine rings is 1. The summed E-state index contributed by atoms with van der Waals surface area (Å²) in [6, 6.07) is 16.4. The predicted octanol–water partition coefficient (Wildman–Crippen LogP) is 3.11. The smallest absolute Gasteiger partial charge is 0.119 e. The van der Waals surface area contributed by atoms with Gasteiger partial charge in [0, 0.05) is 39.3 Å². The zero-order valence-electron chi connectivity index (χ0n) is 19.2. The van der Waals surface area contributed by atoms with E-state index in [1.165, 1.54) is 11.1 Å². The number of hydrogen-bond acceptors (Lipinski definition) is 6. The summed E-state index contributed by atoms with van der Waals surface area (Å²) in [5.74, 6) is 1.74. The van der Waals surface area contributed by atoms with Crippen LogP contribution in [0.2, 0.25) is 0 Å². The van der Waals surface area contributed by atoms with Gasteiger partial charge in [0.2, 0.25) is 0 Å². The molecule has 0 aromatic heterocycles. The van der Waals surface area contributed by atoms with Gasteiger partial charge in [0.15, 0.2) is 0 Å². The van der Waals surface area contributed by atoms with Gasteiger partial charge in [0.05, 0.1) is 13.2 Å². The van der Waals surface area contributed by atoms with Gasteiger partial charge in [-0.25, -0.2) is 0 Å². The lowest BCUT2D eigenvalue weighted by molar-refractivity contribution is -0.0537. The highest BCUT2D eigenvalue weighted by Gasteiger charge is 2.33. The van der Waals surface area contributed by atoms with E-state index in [4.69, 9.17) is 14.2 Å². The molecule has 1 N–H and O–H groups in total. The van der Waals surface area contributed by atoms with Gasteiger partial charge in [-0.3, -0.25) is 9.80 Å². The van der Waals surface area contributed by atoms with Gasteiger partial charge in [-0.15, -0.1) is 0 Å². The molecule has 2 aliphatic rings. The Labute approximate surface area is 191 Å². The number of aliphatic hydroxyl groups is 1. The molecule has 0 unspecified atom stereocenters.